The van der Waals surface area contributed by atoms with Crippen molar-refractivity contribution in [3.05, 3.63) is 70.8 Å². The molecule has 1 aromatic carbocycles. The normalized spacial score (nSPS) is 17.7. The van der Waals surface area contributed by atoms with E-state index in [1.165, 1.54) is 0 Å². The van der Waals surface area contributed by atoms with Crippen LogP contribution < -0.4 is 10.2 Å². The maximum atomic E-state index is 5.60. The highest BCUT2D eigenvalue weighted by Crippen LogP contribution is 2.26. The van der Waals surface area contributed by atoms with E-state index in [1.54, 1.807) is 12.4 Å². The molecule has 19 heavy (non-hydrogen) atoms. The fourth-order valence-corrected chi connectivity index (χ4v) is 2.00. The summed E-state index contributed by atoms with van der Waals surface area (Å²) in [7, 11) is 0. The van der Waals surface area contributed by atoms with Gasteiger partial charge in [0.15, 0.2) is 0 Å². The van der Waals surface area contributed by atoms with Gasteiger partial charge < -0.3 is 4.74 Å². The fraction of sp³-hybridized carbons (Fsp3) is 0.0714. The van der Waals surface area contributed by atoms with Gasteiger partial charge in [-0.2, -0.15) is 0 Å². The maximum absolute atomic E-state index is 5.60. The molecule has 0 aliphatic carbocycles. The third kappa shape index (κ3) is 2.94. The number of nitrogens with zero attached hydrogens (tertiary/aromatic N) is 1. The molecule has 0 bridgehead atoms. The van der Waals surface area contributed by atoms with E-state index in [4.69, 9.17) is 9.57 Å². The summed E-state index contributed by atoms with van der Waals surface area (Å²) in [6, 6.07) is 11.6. The van der Waals surface area contributed by atoms with E-state index in [0.717, 1.165) is 10.0 Å². The van der Waals surface area contributed by atoms with E-state index < -0.39 is 0 Å². The number of pyridine rings is 1. The van der Waals surface area contributed by atoms with E-state index in [0.29, 0.717) is 11.6 Å². The topological polar surface area (TPSA) is 43.4 Å². The highest BCUT2D eigenvalue weighted by molar-refractivity contribution is 9.10. The molecule has 1 N–H and O–H groups in total. The first-order valence-corrected chi connectivity index (χ1v) is 6.57. The second-order valence-corrected chi connectivity index (χ2v) is 4.93. The molecule has 5 heteroatoms. The molecular weight excluding hydrogens is 308 g/mol. The number of ether oxygens (including phenoxy) is 1. The Labute approximate surface area is 119 Å². The molecule has 0 saturated heterocycles. The second kappa shape index (κ2) is 5.42. The van der Waals surface area contributed by atoms with Crippen molar-refractivity contribution in [2.45, 2.75) is 6.10 Å². The third-order valence-electron chi connectivity index (χ3n) is 2.65. The molecule has 1 aromatic heterocycles. The Hall–Kier alpha value is -1.85. The SMILES string of the molecule is Brc1ccc([C@H]2C=C(Oc3cccnc3)NO2)cc1. The molecule has 0 unspecified atom stereocenters. The Balaban J connectivity index is 1.72. The van der Waals surface area contributed by atoms with Crippen LogP contribution in [0.4, 0.5) is 0 Å². The first-order chi connectivity index (χ1) is 9.31. The molecule has 0 spiro atoms. The van der Waals surface area contributed by atoms with Gasteiger partial charge >= 0.3 is 0 Å². The Kier molecular flexibility index (Phi) is 3.48. The molecule has 1 atom stereocenters. The number of hydrogen-bond donors (Lipinski definition) is 1. The maximum Gasteiger partial charge on any atom is 0.216 e. The van der Waals surface area contributed by atoms with Gasteiger partial charge in [0.05, 0.1) is 6.20 Å². The molecule has 3 rings (SSSR count). The second-order valence-electron chi connectivity index (χ2n) is 4.01. The summed E-state index contributed by atoms with van der Waals surface area (Å²) in [4.78, 5) is 9.45. The number of nitrogens with one attached hydrogen (secondary N) is 1. The van der Waals surface area contributed by atoms with Gasteiger partial charge in [-0.15, -0.1) is 0 Å². The van der Waals surface area contributed by atoms with Crippen LogP contribution in [0.3, 0.4) is 0 Å². The Morgan fingerprint density at radius 3 is 2.79 bits per heavy atom. The van der Waals surface area contributed by atoms with Gasteiger partial charge in [-0.25, -0.2) is 5.48 Å². The molecule has 2 heterocycles. The lowest BCUT2D eigenvalue weighted by atomic mass is 10.1. The Morgan fingerprint density at radius 1 is 1.21 bits per heavy atom. The zero-order valence-electron chi connectivity index (χ0n) is 9.92. The Morgan fingerprint density at radius 2 is 2.05 bits per heavy atom. The summed E-state index contributed by atoms with van der Waals surface area (Å²) < 4.78 is 6.64. The number of benzene rings is 1. The van der Waals surface area contributed by atoms with Crippen molar-refractivity contribution in [2.75, 3.05) is 0 Å². The van der Waals surface area contributed by atoms with Crippen LogP contribution >= 0.6 is 15.9 Å². The van der Waals surface area contributed by atoms with Gasteiger partial charge in [0.2, 0.25) is 5.88 Å². The van der Waals surface area contributed by atoms with Crippen molar-refractivity contribution in [3.8, 4) is 5.75 Å². The van der Waals surface area contributed by atoms with Crippen LogP contribution in [-0.2, 0) is 4.84 Å². The van der Waals surface area contributed by atoms with Crippen molar-refractivity contribution in [2.24, 2.45) is 0 Å². The van der Waals surface area contributed by atoms with Crippen LogP contribution in [0.25, 0.3) is 0 Å². The zero-order valence-corrected chi connectivity index (χ0v) is 11.5. The highest BCUT2D eigenvalue weighted by Gasteiger charge is 2.19. The lowest BCUT2D eigenvalue weighted by Gasteiger charge is -2.07. The smallest absolute Gasteiger partial charge is 0.216 e. The largest absolute Gasteiger partial charge is 0.438 e. The molecule has 0 radical (unpaired) electrons. The summed E-state index contributed by atoms with van der Waals surface area (Å²) in [5.41, 5.74) is 3.82. The average molecular weight is 319 g/mol. The van der Waals surface area contributed by atoms with Crippen molar-refractivity contribution >= 4 is 15.9 Å². The minimum Gasteiger partial charge on any atom is -0.438 e. The van der Waals surface area contributed by atoms with E-state index in [2.05, 4.69) is 26.4 Å². The van der Waals surface area contributed by atoms with Gasteiger partial charge in [0, 0.05) is 16.7 Å². The summed E-state index contributed by atoms with van der Waals surface area (Å²) in [5.74, 6) is 1.24. The number of rotatable bonds is 3. The molecule has 0 amide bonds. The van der Waals surface area contributed by atoms with Crippen molar-refractivity contribution in [1.82, 2.24) is 10.5 Å². The summed E-state index contributed by atoms with van der Waals surface area (Å²) in [5, 5.41) is 0. The highest BCUT2D eigenvalue weighted by atomic mass is 79.9. The van der Waals surface area contributed by atoms with E-state index >= 15 is 0 Å². The Bertz CT molecular complexity index is 584. The van der Waals surface area contributed by atoms with E-state index in [1.807, 2.05) is 42.5 Å². The number of halogens is 1. The van der Waals surface area contributed by atoms with Gasteiger partial charge in [0.1, 0.15) is 11.9 Å². The van der Waals surface area contributed by atoms with Crippen LogP contribution in [0.15, 0.2) is 65.2 Å². The van der Waals surface area contributed by atoms with Crippen LogP contribution in [0.1, 0.15) is 11.7 Å². The minimum absolute atomic E-state index is 0.153. The van der Waals surface area contributed by atoms with Crippen molar-refractivity contribution in [1.29, 1.82) is 0 Å². The van der Waals surface area contributed by atoms with Gasteiger partial charge in [-0.05, 0) is 29.8 Å². The predicted molar refractivity (Wildman–Crippen MR) is 74.1 cm³/mol. The third-order valence-corrected chi connectivity index (χ3v) is 3.18. The summed E-state index contributed by atoms with van der Waals surface area (Å²) >= 11 is 3.41. The van der Waals surface area contributed by atoms with E-state index in [-0.39, 0.29) is 6.10 Å². The molecule has 1 aliphatic heterocycles. The van der Waals surface area contributed by atoms with E-state index in [9.17, 15) is 0 Å². The van der Waals surface area contributed by atoms with Gasteiger partial charge in [-0.1, -0.05) is 28.1 Å². The van der Waals surface area contributed by atoms with Crippen LogP contribution in [0.5, 0.6) is 5.75 Å². The standard InChI is InChI=1S/C14H11BrN2O2/c15-11-5-3-10(4-6-11)13-8-14(17-19-13)18-12-2-1-7-16-9-12/h1-9,13,17H/t13-/m1/s1. The van der Waals surface area contributed by atoms with Crippen LogP contribution in [-0.4, -0.2) is 4.98 Å². The molecular formula is C14H11BrN2O2. The molecule has 0 fully saturated rings. The minimum atomic E-state index is -0.153. The zero-order chi connectivity index (χ0) is 13.1. The first-order valence-electron chi connectivity index (χ1n) is 5.78. The van der Waals surface area contributed by atoms with Crippen molar-refractivity contribution in [3.63, 3.8) is 0 Å². The monoisotopic (exact) mass is 318 g/mol. The average Bonchev–Trinajstić information content (AvgIpc) is 2.89. The molecule has 4 nitrogen and oxygen atoms in total. The molecule has 96 valence electrons. The first kappa shape index (κ1) is 12.2. The molecule has 2 aromatic rings. The lowest BCUT2D eigenvalue weighted by Crippen LogP contribution is -2.12. The van der Waals surface area contributed by atoms with Crippen LogP contribution in [0.2, 0.25) is 0 Å². The number of aromatic nitrogens is 1. The quantitative estimate of drug-likeness (QED) is 0.942. The number of hydroxylamine groups is 1. The fourth-order valence-electron chi connectivity index (χ4n) is 1.73. The molecule has 1 aliphatic rings. The van der Waals surface area contributed by atoms with Crippen molar-refractivity contribution < 1.29 is 9.57 Å². The number of hydrogen-bond acceptors (Lipinski definition) is 4. The molecule has 0 saturated carbocycles. The summed E-state index contributed by atoms with van der Waals surface area (Å²) in [6.45, 7) is 0. The van der Waals surface area contributed by atoms with Gasteiger partial charge in [-0.3, -0.25) is 9.82 Å². The predicted octanol–water partition coefficient (Wildman–Crippen LogP) is 3.34. The summed E-state index contributed by atoms with van der Waals surface area (Å²) in [6.07, 6.45) is 5.08. The van der Waals surface area contributed by atoms with Gasteiger partial charge in [0.25, 0.3) is 0 Å². The lowest BCUT2D eigenvalue weighted by molar-refractivity contribution is 0.0273. The van der Waals surface area contributed by atoms with Crippen LogP contribution in [0, 0.1) is 0 Å².